The van der Waals surface area contributed by atoms with Gasteiger partial charge in [-0.25, -0.2) is 4.79 Å². The molecule has 0 saturated carbocycles. The highest BCUT2D eigenvalue weighted by Gasteiger charge is 2.33. The van der Waals surface area contributed by atoms with E-state index in [4.69, 9.17) is 4.74 Å². The number of piperidine rings is 1. The minimum absolute atomic E-state index is 0.0332. The fraction of sp³-hybridized carbons (Fsp3) is 0.611. The molecule has 1 saturated heterocycles. The van der Waals surface area contributed by atoms with Crippen LogP contribution >= 0.6 is 0 Å². The number of nitrogens with one attached hydrogen (secondary N) is 2. The molecule has 0 radical (unpaired) electrons. The van der Waals surface area contributed by atoms with Gasteiger partial charge in [-0.3, -0.25) is 0 Å². The molecule has 0 spiro atoms. The highest BCUT2D eigenvalue weighted by atomic mass is 16.6. The number of benzene rings is 1. The van der Waals surface area contributed by atoms with Gasteiger partial charge < -0.3 is 15.4 Å². The van der Waals surface area contributed by atoms with Crippen molar-refractivity contribution in [3.63, 3.8) is 0 Å². The molecule has 1 atom stereocenters. The number of carbonyl (C=O) groups is 1. The van der Waals surface area contributed by atoms with E-state index in [0.717, 1.165) is 19.4 Å². The van der Waals surface area contributed by atoms with Crippen molar-refractivity contribution in [3.8, 4) is 0 Å². The van der Waals surface area contributed by atoms with Gasteiger partial charge in [-0.2, -0.15) is 0 Å². The van der Waals surface area contributed by atoms with Crippen LogP contribution in [0, 0.1) is 0 Å². The Labute approximate surface area is 133 Å². The first-order valence-electron chi connectivity index (χ1n) is 8.19. The van der Waals surface area contributed by atoms with Gasteiger partial charge in [0, 0.05) is 12.1 Å². The van der Waals surface area contributed by atoms with Crippen molar-refractivity contribution >= 4 is 6.09 Å². The van der Waals surface area contributed by atoms with E-state index < -0.39 is 5.60 Å². The Kier molecular flexibility index (Phi) is 5.46. The quantitative estimate of drug-likeness (QED) is 0.894. The summed E-state index contributed by atoms with van der Waals surface area (Å²) in [4.78, 5) is 11.8. The van der Waals surface area contributed by atoms with E-state index in [1.807, 2.05) is 26.8 Å². The standard InChI is InChI=1S/C18H28N2O2/c1-17(2,3)22-16(21)19-14-12-18(11-7-8-13-20-18)15-9-5-4-6-10-15/h4-6,9-10,20H,7-8,11-14H2,1-3H3,(H,19,21). The summed E-state index contributed by atoms with van der Waals surface area (Å²) in [5.41, 5.74) is 0.819. The third kappa shape index (κ3) is 4.73. The van der Waals surface area contributed by atoms with Crippen molar-refractivity contribution in [1.29, 1.82) is 0 Å². The molecule has 1 aliphatic rings. The van der Waals surface area contributed by atoms with Gasteiger partial charge in [-0.05, 0) is 52.1 Å². The van der Waals surface area contributed by atoms with Crippen LogP contribution in [0.25, 0.3) is 0 Å². The molecule has 1 heterocycles. The van der Waals surface area contributed by atoms with Crippen LogP contribution in [-0.2, 0) is 10.3 Å². The van der Waals surface area contributed by atoms with Gasteiger partial charge in [0.1, 0.15) is 5.60 Å². The Morgan fingerprint density at radius 2 is 2.00 bits per heavy atom. The molecule has 1 aromatic carbocycles. The minimum atomic E-state index is -0.454. The summed E-state index contributed by atoms with van der Waals surface area (Å²) >= 11 is 0. The summed E-state index contributed by atoms with van der Waals surface area (Å²) in [6.07, 6.45) is 4.07. The minimum Gasteiger partial charge on any atom is -0.444 e. The second-order valence-electron chi connectivity index (χ2n) is 7.01. The molecule has 4 nitrogen and oxygen atoms in total. The molecular weight excluding hydrogens is 276 g/mol. The zero-order valence-electron chi connectivity index (χ0n) is 13.9. The number of rotatable bonds is 4. The van der Waals surface area contributed by atoms with E-state index in [9.17, 15) is 4.79 Å². The van der Waals surface area contributed by atoms with Crippen LogP contribution in [0.2, 0.25) is 0 Å². The second kappa shape index (κ2) is 7.14. The highest BCUT2D eigenvalue weighted by Crippen LogP contribution is 2.33. The summed E-state index contributed by atoms with van der Waals surface area (Å²) < 4.78 is 5.30. The van der Waals surface area contributed by atoms with Gasteiger partial charge in [-0.15, -0.1) is 0 Å². The fourth-order valence-electron chi connectivity index (χ4n) is 3.02. The third-order valence-electron chi connectivity index (χ3n) is 4.04. The van der Waals surface area contributed by atoms with E-state index in [1.165, 1.54) is 18.4 Å². The molecule has 2 rings (SSSR count). The molecule has 1 aromatic rings. The van der Waals surface area contributed by atoms with Crippen molar-refractivity contribution in [3.05, 3.63) is 35.9 Å². The van der Waals surface area contributed by atoms with Crippen LogP contribution < -0.4 is 10.6 Å². The van der Waals surface area contributed by atoms with Gasteiger partial charge in [0.2, 0.25) is 0 Å². The Bertz CT molecular complexity index is 474. The van der Waals surface area contributed by atoms with Crippen LogP contribution in [-0.4, -0.2) is 24.8 Å². The molecule has 2 N–H and O–H groups in total. The smallest absolute Gasteiger partial charge is 0.407 e. The second-order valence-corrected chi connectivity index (χ2v) is 7.01. The van der Waals surface area contributed by atoms with E-state index in [2.05, 4.69) is 34.9 Å². The molecule has 1 unspecified atom stereocenters. The van der Waals surface area contributed by atoms with Crippen LogP contribution in [0.3, 0.4) is 0 Å². The Morgan fingerprint density at radius 3 is 2.59 bits per heavy atom. The highest BCUT2D eigenvalue weighted by molar-refractivity contribution is 5.67. The largest absolute Gasteiger partial charge is 0.444 e. The average Bonchev–Trinajstić information content (AvgIpc) is 2.47. The molecule has 4 heteroatoms. The van der Waals surface area contributed by atoms with Crippen LogP contribution in [0.1, 0.15) is 52.0 Å². The van der Waals surface area contributed by atoms with E-state index >= 15 is 0 Å². The van der Waals surface area contributed by atoms with Crippen LogP contribution in [0.4, 0.5) is 4.79 Å². The topological polar surface area (TPSA) is 50.4 Å². The molecule has 0 aliphatic carbocycles. The van der Waals surface area contributed by atoms with E-state index in [-0.39, 0.29) is 11.6 Å². The monoisotopic (exact) mass is 304 g/mol. The number of hydrogen-bond acceptors (Lipinski definition) is 3. The molecule has 22 heavy (non-hydrogen) atoms. The van der Waals surface area contributed by atoms with Gasteiger partial charge in [-0.1, -0.05) is 36.8 Å². The summed E-state index contributed by atoms with van der Waals surface area (Å²) in [5, 5.41) is 6.56. The first-order valence-corrected chi connectivity index (χ1v) is 8.19. The summed E-state index contributed by atoms with van der Waals surface area (Å²) in [7, 11) is 0. The SMILES string of the molecule is CC(C)(C)OC(=O)NCCC1(c2ccccc2)CCCCN1. The molecule has 0 aromatic heterocycles. The first-order chi connectivity index (χ1) is 10.4. The molecule has 1 amide bonds. The predicted molar refractivity (Wildman–Crippen MR) is 88.8 cm³/mol. The molecule has 0 bridgehead atoms. The van der Waals surface area contributed by atoms with Crippen molar-refractivity contribution in [2.24, 2.45) is 0 Å². The van der Waals surface area contributed by atoms with Crippen molar-refractivity contribution in [2.45, 2.75) is 57.6 Å². The van der Waals surface area contributed by atoms with Crippen molar-refractivity contribution in [1.82, 2.24) is 10.6 Å². The average molecular weight is 304 g/mol. The number of ether oxygens (including phenoxy) is 1. The number of carbonyl (C=O) groups excluding carboxylic acids is 1. The van der Waals surface area contributed by atoms with E-state index in [1.54, 1.807) is 0 Å². The fourth-order valence-corrected chi connectivity index (χ4v) is 3.02. The Balaban J connectivity index is 1.95. The van der Waals surface area contributed by atoms with Gasteiger partial charge in [0.25, 0.3) is 0 Å². The van der Waals surface area contributed by atoms with Crippen molar-refractivity contribution in [2.75, 3.05) is 13.1 Å². The lowest BCUT2D eigenvalue weighted by Crippen LogP contribution is -2.48. The Morgan fingerprint density at radius 1 is 1.27 bits per heavy atom. The van der Waals surface area contributed by atoms with Crippen LogP contribution in [0.15, 0.2) is 30.3 Å². The maximum absolute atomic E-state index is 11.8. The Hall–Kier alpha value is -1.55. The summed E-state index contributed by atoms with van der Waals surface area (Å²) in [5.74, 6) is 0. The number of amides is 1. The zero-order valence-corrected chi connectivity index (χ0v) is 13.9. The predicted octanol–water partition coefficient (Wildman–Crippen LogP) is 3.57. The van der Waals surface area contributed by atoms with Gasteiger partial charge >= 0.3 is 6.09 Å². The van der Waals surface area contributed by atoms with Crippen LogP contribution in [0.5, 0.6) is 0 Å². The lowest BCUT2D eigenvalue weighted by atomic mass is 9.79. The number of hydrogen-bond donors (Lipinski definition) is 2. The zero-order chi connectivity index (χ0) is 16.1. The normalized spacial score (nSPS) is 22.1. The van der Waals surface area contributed by atoms with Gasteiger partial charge in [0.05, 0.1) is 0 Å². The molecular formula is C18H28N2O2. The lowest BCUT2D eigenvalue weighted by Gasteiger charge is -2.39. The molecule has 122 valence electrons. The van der Waals surface area contributed by atoms with E-state index in [0.29, 0.717) is 6.54 Å². The summed E-state index contributed by atoms with van der Waals surface area (Å²) in [6.45, 7) is 7.26. The molecule has 1 fully saturated rings. The summed E-state index contributed by atoms with van der Waals surface area (Å²) in [6, 6.07) is 10.5. The maximum Gasteiger partial charge on any atom is 0.407 e. The third-order valence-corrected chi connectivity index (χ3v) is 4.04. The van der Waals surface area contributed by atoms with Crippen molar-refractivity contribution < 1.29 is 9.53 Å². The molecule has 1 aliphatic heterocycles. The van der Waals surface area contributed by atoms with Gasteiger partial charge in [0.15, 0.2) is 0 Å². The maximum atomic E-state index is 11.8. The lowest BCUT2D eigenvalue weighted by molar-refractivity contribution is 0.0520. The number of alkyl carbamates (subject to hydrolysis) is 1. The first kappa shape index (κ1) is 16.8.